The molecule has 1 rings (SSSR count). The van der Waals surface area contributed by atoms with Gasteiger partial charge in [-0.15, -0.1) is 0 Å². The van der Waals surface area contributed by atoms with E-state index in [0.29, 0.717) is 11.5 Å². The molecule has 0 saturated heterocycles. The van der Waals surface area contributed by atoms with Crippen molar-refractivity contribution in [3.05, 3.63) is 36.4 Å². The van der Waals surface area contributed by atoms with E-state index in [4.69, 9.17) is 14.0 Å². The van der Waals surface area contributed by atoms with E-state index in [9.17, 15) is 8.42 Å². The van der Waals surface area contributed by atoms with Crippen LogP contribution in [0.4, 0.5) is 0 Å². The van der Waals surface area contributed by atoms with Crippen molar-refractivity contribution < 1.29 is 22.4 Å². The Bertz CT molecular complexity index is 507. The van der Waals surface area contributed by atoms with Gasteiger partial charge >= 0.3 is 0 Å². The minimum atomic E-state index is -3.93. The minimum absolute atomic E-state index is 0.176. The second-order valence-electron chi connectivity index (χ2n) is 3.64. The first-order valence-electron chi connectivity index (χ1n) is 5.33. The molecule has 0 heterocycles. The maximum Gasteiger partial charge on any atom is 0.264 e. The molecule has 0 saturated carbocycles. The summed E-state index contributed by atoms with van der Waals surface area (Å²) < 4.78 is 39.9. The van der Waals surface area contributed by atoms with E-state index in [0.717, 1.165) is 5.56 Å². The van der Waals surface area contributed by atoms with E-state index in [-0.39, 0.29) is 18.8 Å². The van der Waals surface area contributed by atoms with Crippen LogP contribution < -0.4 is 4.74 Å². The van der Waals surface area contributed by atoms with Crippen molar-refractivity contribution in [2.24, 2.45) is 0 Å². The first kappa shape index (κ1) is 14.5. The average Bonchev–Trinajstić information content (AvgIpc) is 2.33. The van der Waals surface area contributed by atoms with Gasteiger partial charge in [-0.2, -0.15) is 8.42 Å². The fourth-order valence-electron chi connectivity index (χ4n) is 1.32. The Hall–Kier alpha value is -1.53. The molecule has 1 aromatic rings. The summed E-state index contributed by atoms with van der Waals surface area (Å²) in [5, 5.41) is 0. The largest absolute Gasteiger partial charge is 0.497 e. The fraction of sp³-hybridized carbons (Fsp3) is 0.333. The second kappa shape index (κ2) is 6.42. The van der Waals surface area contributed by atoms with Crippen LogP contribution in [0.15, 0.2) is 30.8 Å². The molecule has 1 aromatic carbocycles. The predicted molar refractivity (Wildman–Crippen MR) is 69.0 cm³/mol. The summed E-state index contributed by atoms with van der Waals surface area (Å²) in [6, 6.07) is 7.19. The quantitative estimate of drug-likeness (QED) is 0.466. The Morgan fingerprint density at radius 3 is 2.78 bits per heavy atom. The summed E-state index contributed by atoms with van der Waals surface area (Å²) in [5.41, 5.74) is 0.765. The summed E-state index contributed by atoms with van der Waals surface area (Å²) >= 11 is 0. The van der Waals surface area contributed by atoms with Gasteiger partial charge in [0.1, 0.15) is 11.5 Å². The molecule has 0 unspecified atom stereocenters. The first-order chi connectivity index (χ1) is 8.42. The van der Waals surface area contributed by atoms with Crippen molar-refractivity contribution in [2.45, 2.75) is 6.42 Å². The summed E-state index contributed by atoms with van der Waals surface area (Å²) in [4.78, 5) is 0. The van der Waals surface area contributed by atoms with Gasteiger partial charge in [-0.25, -0.2) is 0 Å². The number of hydrogen-bond acceptors (Lipinski definition) is 4. The van der Waals surface area contributed by atoms with Gasteiger partial charge in [0.2, 0.25) is 0 Å². The zero-order chi connectivity index (χ0) is 13.6. The van der Waals surface area contributed by atoms with E-state index in [2.05, 4.69) is 6.58 Å². The molecular formula is C12H16O5S. The lowest BCUT2D eigenvalue weighted by atomic mass is 10.2. The van der Waals surface area contributed by atoms with Crippen LogP contribution in [0.2, 0.25) is 0 Å². The van der Waals surface area contributed by atoms with E-state index in [1.807, 2.05) is 6.07 Å². The van der Waals surface area contributed by atoms with Crippen LogP contribution >= 0.6 is 0 Å². The van der Waals surface area contributed by atoms with Gasteiger partial charge in [-0.1, -0.05) is 18.7 Å². The molecule has 0 aliphatic heterocycles. The zero-order valence-corrected chi connectivity index (χ0v) is 10.9. The Balaban J connectivity index is 2.45. The molecular weight excluding hydrogens is 256 g/mol. The molecule has 0 atom stereocenters. The van der Waals surface area contributed by atoms with Crippen molar-refractivity contribution >= 4 is 15.9 Å². The van der Waals surface area contributed by atoms with Crippen molar-refractivity contribution in [3.8, 4) is 5.75 Å². The van der Waals surface area contributed by atoms with Crippen molar-refractivity contribution in [1.82, 2.24) is 0 Å². The number of methoxy groups -OCH3 is 1. The van der Waals surface area contributed by atoms with Crippen LogP contribution in [0.3, 0.4) is 0 Å². The number of benzene rings is 1. The monoisotopic (exact) mass is 272 g/mol. The van der Waals surface area contributed by atoms with Gasteiger partial charge in [0.25, 0.3) is 10.1 Å². The Labute approximate surface area is 107 Å². The number of hydrogen-bond donors (Lipinski definition) is 1. The van der Waals surface area contributed by atoms with Gasteiger partial charge < -0.3 is 9.47 Å². The van der Waals surface area contributed by atoms with Crippen LogP contribution in [0.1, 0.15) is 12.0 Å². The third kappa shape index (κ3) is 5.20. The molecule has 1 N–H and O–H groups in total. The topological polar surface area (TPSA) is 72.8 Å². The van der Waals surface area contributed by atoms with Gasteiger partial charge in [0.05, 0.1) is 19.5 Å². The normalized spacial score (nSPS) is 11.0. The molecule has 0 aromatic heterocycles. The standard InChI is InChI=1S/C12H16O5S/c1-10(17-7-4-8-18(13,14)15)11-5-3-6-12(9-11)16-2/h3,5-6,9H,1,4,7-8H2,2H3,(H,13,14,15). The predicted octanol–water partition coefficient (Wildman–Crippen LogP) is 1.96. The molecule has 0 spiro atoms. The average molecular weight is 272 g/mol. The van der Waals surface area contributed by atoms with Gasteiger partial charge in [-0.3, -0.25) is 4.55 Å². The van der Waals surface area contributed by atoms with Crippen LogP contribution in [-0.4, -0.2) is 32.4 Å². The van der Waals surface area contributed by atoms with E-state index in [1.54, 1.807) is 25.3 Å². The smallest absolute Gasteiger partial charge is 0.264 e. The highest BCUT2D eigenvalue weighted by atomic mass is 32.2. The van der Waals surface area contributed by atoms with Crippen LogP contribution in [-0.2, 0) is 14.9 Å². The highest BCUT2D eigenvalue weighted by molar-refractivity contribution is 7.85. The highest BCUT2D eigenvalue weighted by Crippen LogP contribution is 2.19. The van der Waals surface area contributed by atoms with Gasteiger partial charge in [0, 0.05) is 5.56 Å². The second-order valence-corrected chi connectivity index (χ2v) is 5.22. The van der Waals surface area contributed by atoms with Crippen molar-refractivity contribution in [3.63, 3.8) is 0 Å². The molecule has 0 aliphatic rings. The molecule has 0 aliphatic carbocycles. The molecule has 100 valence electrons. The molecule has 5 nitrogen and oxygen atoms in total. The number of rotatable bonds is 7. The van der Waals surface area contributed by atoms with Crippen molar-refractivity contribution in [1.29, 1.82) is 0 Å². The van der Waals surface area contributed by atoms with Gasteiger partial charge in [0.15, 0.2) is 0 Å². The van der Waals surface area contributed by atoms with E-state index < -0.39 is 10.1 Å². The van der Waals surface area contributed by atoms with E-state index >= 15 is 0 Å². The maximum absolute atomic E-state index is 10.5. The Kier molecular flexibility index (Phi) is 5.18. The van der Waals surface area contributed by atoms with Crippen LogP contribution in [0.25, 0.3) is 5.76 Å². The Morgan fingerprint density at radius 1 is 1.44 bits per heavy atom. The molecule has 18 heavy (non-hydrogen) atoms. The Morgan fingerprint density at radius 2 is 2.17 bits per heavy atom. The van der Waals surface area contributed by atoms with Crippen LogP contribution in [0.5, 0.6) is 5.75 Å². The molecule has 0 fully saturated rings. The lowest BCUT2D eigenvalue weighted by Crippen LogP contribution is -2.06. The molecule has 0 amide bonds. The lowest BCUT2D eigenvalue weighted by Gasteiger charge is -2.09. The molecule has 0 bridgehead atoms. The number of ether oxygens (including phenoxy) is 2. The summed E-state index contributed by atoms with van der Waals surface area (Å²) in [7, 11) is -2.36. The summed E-state index contributed by atoms with van der Waals surface area (Å²) in [6.45, 7) is 3.92. The zero-order valence-electron chi connectivity index (χ0n) is 10.1. The van der Waals surface area contributed by atoms with E-state index in [1.165, 1.54) is 0 Å². The lowest BCUT2D eigenvalue weighted by molar-refractivity contribution is 0.277. The third-order valence-corrected chi connectivity index (χ3v) is 3.02. The summed E-state index contributed by atoms with van der Waals surface area (Å²) in [6.07, 6.45) is 0.210. The van der Waals surface area contributed by atoms with Gasteiger partial charge in [-0.05, 0) is 18.6 Å². The highest BCUT2D eigenvalue weighted by Gasteiger charge is 2.05. The fourth-order valence-corrected chi connectivity index (χ4v) is 1.80. The van der Waals surface area contributed by atoms with Crippen LogP contribution in [0, 0.1) is 0 Å². The molecule has 6 heteroatoms. The van der Waals surface area contributed by atoms with Crippen molar-refractivity contribution in [2.75, 3.05) is 19.5 Å². The maximum atomic E-state index is 10.5. The first-order valence-corrected chi connectivity index (χ1v) is 6.94. The molecule has 0 radical (unpaired) electrons. The SMILES string of the molecule is C=C(OCCCS(=O)(=O)O)c1cccc(OC)c1. The summed E-state index contributed by atoms with van der Waals surface area (Å²) in [5.74, 6) is 0.803. The third-order valence-electron chi connectivity index (χ3n) is 2.21. The minimum Gasteiger partial charge on any atom is -0.497 e.